The van der Waals surface area contributed by atoms with Crippen molar-refractivity contribution in [3.8, 4) is 56.9 Å². The van der Waals surface area contributed by atoms with Crippen molar-refractivity contribution >= 4 is 92.3 Å². The van der Waals surface area contributed by atoms with E-state index < -0.39 is 59.3 Å². The average molecular weight is 1460 g/mol. The van der Waals surface area contributed by atoms with E-state index in [9.17, 15) is 38.4 Å². The maximum absolute atomic E-state index is 13.7. The Hall–Kier alpha value is -12.3. The Morgan fingerprint density at radius 3 is 1.61 bits per heavy atom. The van der Waals surface area contributed by atoms with Crippen LogP contribution >= 0.6 is 0 Å². The third-order valence-electron chi connectivity index (χ3n) is 24.6. The molecule has 8 fully saturated rings. The molecule has 0 bridgehead atoms. The molecule has 2 saturated carbocycles. The first-order valence-corrected chi connectivity index (χ1v) is 37.5. The zero-order chi connectivity index (χ0) is 73.8. The normalized spacial score (nSPS) is 24.4. The van der Waals surface area contributed by atoms with Gasteiger partial charge in [-0.1, -0.05) is 30.3 Å². The van der Waals surface area contributed by atoms with E-state index in [2.05, 4.69) is 44.6 Å². The number of nitrogens with one attached hydrogen (secondary N) is 2. The maximum Gasteiger partial charge on any atom is 0.262 e. The standard InChI is InChI=1S/C81H74N18O10/c82-71-67-69(91-99(74(67)85-41-84-71)64-31-47-35-93(40-61(47)64)52-38-95(39-52)49-16-22-58-60(33-49)81(107)97(79(58)105)63-24-26-66(101)87-77(63)103)42-12-19-55(20-13-42)109-56-8-4-5-45(30-56)73-88-72(83)68-70(43-10-17-54(18-11-43)108-53-6-2-1-3-7-53)90-98(75(68)89-73)50-14-9-46-34-92(28-27-44(46)29-50)51-36-94(37-51)48-15-21-57-59(32-48)80(106)96(78(57)104)62-23-25-65(100)86-76(62)102/h1-8,10-13,15-22,30,32-33,41,44,46-47,50-52,61-64H,9,14,23-29,31,34-40H2,(H2,82,84,85)(H2,83,88,89)(H,86,100,102)(H,87,101,103). The molecule has 2 aliphatic carbocycles. The average Bonchev–Trinajstić information content (AvgIpc) is 1.59. The molecule has 28 heteroatoms. The van der Waals surface area contributed by atoms with Crippen LogP contribution in [-0.2, 0) is 19.2 Å². The second-order valence-corrected chi connectivity index (χ2v) is 30.7. The number of rotatable bonds is 15. The minimum atomic E-state index is -1.02. The number of para-hydroxylation sites is 1. The quantitative estimate of drug-likeness (QED) is 0.0699. The molecule has 8 unspecified atom stereocenters. The summed E-state index contributed by atoms with van der Waals surface area (Å²) >= 11 is 0. The van der Waals surface area contributed by atoms with Gasteiger partial charge in [0.25, 0.3) is 23.6 Å². The van der Waals surface area contributed by atoms with Crippen LogP contribution in [0.2, 0.25) is 0 Å². The molecule has 4 aromatic heterocycles. The summed E-state index contributed by atoms with van der Waals surface area (Å²) in [6, 6.07) is 42.4. The van der Waals surface area contributed by atoms with E-state index in [1.54, 1.807) is 24.3 Å². The van der Waals surface area contributed by atoms with Gasteiger partial charge in [-0.25, -0.2) is 29.3 Å². The van der Waals surface area contributed by atoms with Crippen molar-refractivity contribution in [2.24, 2.45) is 23.7 Å². The highest BCUT2D eigenvalue weighted by molar-refractivity contribution is 6.25. The molecule has 28 nitrogen and oxygen atoms in total. The number of carbonyl (C=O) groups is 8. The number of amides is 8. The van der Waals surface area contributed by atoms with Gasteiger partial charge in [0.15, 0.2) is 17.1 Å². The van der Waals surface area contributed by atoms with E-state index >= 15 is 0 Å². The number of nitrogens with zero attached hydrogens (tertiary/aromatic N) is 14. The molecule has 10 aliphatic rings. The summed E-state index contributed by atoms with van der Waals surface area (Å²) in [4.78, 5) is 134. The molecule has 6 N–H and O–H groups in total. The Kier molecular flexibility index (Phi) is 15.6. The molecule has 6 aromatic carbocycles. The lowest BCUT2D eigenvalue weighted by Crippen LogP contribution is -2.62. The highest BCUT2D eigenvalue weighted by Gasteiger charge is 2.53. The molecular weight excluding hydrogens is 1390 g/mol. The molecule has 109 heavy (non-hydrogen) atoms. The lowest BCUT2D eigenvalue weighted by atomic mass is 9.71. The summed E-state index contributed by atoms with van der Waals surface area (Å²) in [5.41, 5.74) is 21.7. The van der Waals surface area contributed by atoms with Crippen molar-refractivity contribution in [1.29, 1.82) is 0 Å². The van der Waals surface area contributed by atoms with Crippen molar-refractivity contribution < 1.29 is 47.8 Å². The number of aromatic nitrogens is 8. The number of imide groups is 4. The van der Waals surface area contributed by atoms with Crippen LogP contribution in [0.25, 0.3) is 56.0 Å². The van der Waals surface area contributed by atoms with Crippen LogP contribution in [-0.4, -0.2) is 183 Å². The van der Waals surface area contributed by atoms with Gasteiger partial charge in [0, 0.05) is 98.8 Å². The van der Waals surface area contributed by atoms with Crippen molar-refractivity contribution in [3.63, 3.8) is 0 Å². The lowest BCUT2D eigenvalue weighted by molar-refractivity contribution is -0.137. The van der Waals surface area contributed by atoms with E-state index in [4.69, 9.17) is 46.1 Å². The van der Waals surface area contributed by atoms with Crippen LogP contribution in [0.15, 0.2) is 146 Å². The zero-order valence-electron chi connectivity index (χ0n) is 59.1. The fourth-order valence-electron chi connectivity index (χ4n) is 18.7. The molecular formula is C81H74N18O10. The smallest absolute Gasteiger partial charge is 0.262 e. The molecule has 8 amide bonds. The van der Waals surface area contributed by atoms with Crippen LogP contribution in [0.3, 0.4) is 0 Å². The Morgan fingerprint density at radius 1 is 0.431 bits per heavy atom. The monoisotopic (exact) mass is 1460 g/mol. The number of nitrogens with two attached hydrogens (primary N) is 2. The Morgan fingerprint density at radius 2 is 0.991 bits per heavy atom. The van der Waals surface area contributed by atoms with Gasteiger partial charge in [-0.3, -0.25) is 68.6 Å². The van der Waals surface area contributed by atoms with Crippen LogP contribution < -0.4 is 41.4 Å². The number of ether oxygens (including phenoxy) is 2. The lowest BCUT2D eigenvalue weighted by Gasteiger charge is -2.52. The Labute approximate surface area is 623 Å². The highest BCUT2D eigenvalue weighted by atomic mass is 16.5. The van der Waals surface area contributed by atoms with Crippen molar-refractivity contribution in [2.75, 3.05) is 73.6 Å². The summed E-state index contributed by atoms with van der Waals surface area (Å²) in [7, 11) is 0. The number of piperidine rings is 3. The Balaban J connectivity index is 0.505. The van der Waals surface area contributed by atoms with Crippen LogP contribution in [0.4, 0.5) is 23.0 Å². The maximum atomic E-state index is 13.7. The highest BCUT2D eigenvalue weighted by Crippen LogP contribution is 2.52. The van der Waals surface area contributed by atoms with Crippen molar-refractivity contribution in [1.82, 2.24) is 69.7 Å². The molecule has 0 radical (unpaired) electrons. The van der Waals surface area contributed by atoms with Gasteiger partial charge >= 0.3 is 0 Å². The van der Waals surface area contributed by atoms with Crippen molar-refractivity contribution in [2.45, 2.75) is 94.0 Å². The van der Waals surface area contributed by atoms with Gasteiger partial charge in [-0.15, -0.1) is 0 Å². The molecule has 6 saturated heterocycles. The van der Waals surface area contributed by atoms with Gasteiger partial charge in [0.1, 0.15) is 64.4 Å². The van der Waals surface area contributed by atoms with Gasteiger partial charge in [-0.2, -0.15) is 10.2 Å². The number of benzene rings is 6. The number of nitrogen functional groups attached to an aromatic ring is 2. The predicted octanol–water partition coefficient (Wildman–Crippen LogP) is 8.45. The summed E-state index contributed by atoms with van der Waals surface area (Å²) in [6.45, 7) is 6.89. The molecule has 548 valence electrons. The van der Waals surface area contributed by atoms with Crippen LogP contribution in [0.5, 0.6) is 23.0 Å². The first kappa shape index (κ1) is 66.2. The summed E-state index contributed by atoms with van der Waals surface area (Å²) in [5, 5.41) is 16.6. The SMILES string of the molecule is Nc1nc(-c2cccc(Oc3ccc(-c4nn(C5CC6CN(C7CN(c8ccc9c(c8)C(=O)N(C8CCC(=O)NC8=O)C9=O)C7)CC65)c5ncnc(N)c45)cc3)c2)nc2c1c(-c1ccc(Oc3ccccc3)cc1)nn2C1CCC2CN(C3CN(c4ccc5c(c4)C(=O)N(C4CCC(=O)NC4=O)C5=O)C3)CCC2C1. The number of likely N-dealkylation sites (tertiary alicyclic amines) is 2. The molecule has 20 rings (SSSR count). The van der Waals surface area contributed by atoms with Gasteiger partial charge in [0.05, 0.1) is 45.1 Å². The van der Waals surface area contributed by atoms with E-state index in [0.29, 0.717) is 109 Å². The number of carbonyl (C=O) groups excluding carboxylic acids is 8. The van der Waals surface area contributed by atoms with Crippen molar-refractivity contribution in [3.05, 3.63) is 168 Å². The third-order valence-corrected chi connectivity index (χ3v) is 24.6. The molecule has 8 atom stereocenters. The predicted molar refractivity (Wildman–Crippen MR) is 399 cm³/mol. The van der Waals surface area contributed by atoms with Crippen LogP contribution in [0, 0.1) is 23.7 Å². The molecule has 8 aliphatic heterocycles. The molecule has 0 spiro atoms. The second kappa shape index (κ2) is 25.7. The zero-order valence-corrected chi connectivity index (χ0v) is 59.1. The van der Waals surface area contributed by atoms with E-state index in [1.807, 2.05) is 115 Å². The number of anilines is 4. The molecule has 10 aromatic rings. The van der Waals surface area contributed by atoms with Gasteiger partial charge in [0.2, 0.25) is 23.6 Å². The van der Waals surface area contributed by atoms with E-state index in [-0.39, 0.29) is 60.0 Å². The van der Waals surface area contributed by atoms with Crippen LogP contribution in [0.1, 0.15) is 111 Å². The van der Waals surface area contributed by atoms with E-state index in [0.717, 1.165) is 123 Å². The third kappa shape index (κ3) is 11.2. The summed E-state index contributed by atoms with van der Waals surface area (Å²) in [5.74, 6) is 1.32. The summed E-state index contributed by atoms with van der Waals surface area (Å²) < 4.78 is 17.0. The fourth-order valence-corrected chi connectivity index (χ4v) is 18.7. The second-order valence-electron chi connectivity index (χ2n) is 30.7. The first-order valence-electron chi connectivity index (χ1n) is 37.5. The summed E-state index contributed by atoms with van der Waals surface area (Å²) in [6.07, 6.45) is 6.63. The Bertz CT molecular complexity index is 5520. The number of hydrogen-bond acceptors (Lipinski definition) is 22. The fraction of sp³-hybridized carbons (Fsp3) is 0.333. The number of hydrogen-bond donors (Lipinski definition) is 4. The minimum Gasteiger partial charge on any atom is -0.457 e. The van der Waals surface area contributed by atoms with E-state index in [1.165, 1.54) is 6.33 Å². The molecule has 12 heterocycles. The minimum absolute atomic E-state index is 0.0396. The topological polar surface area (TPSA) is 338 Å². The first-order chi connectivity index (χ1) is 53.1. The largest absolute Gasteiger partial charge is 0.457 e. The van der Waals surface area contributed by atoms with Gasteiger partial charge < -0.3 is 30.7 Å². The van der Waals surface area contributed by atoms with Gasteiger partial charge in [-0.05, 0) is 184 Å². The number of fused-ring (bicyclic) bond motifs is 6.